The number of ether oxygens (including phenoxy) is 1. The third-order valence-corrected chi connectivity index (χ3v) is 3.00. The minimum atomic E-state index is -0.462. The molecule has 0 aromatic heterocycles. The first kappa shape index (κ1) is 15.4. The van der Waals surface area contributed by atoms with Crippen LogP contribution in [-0.4, -0.2) is 6.54 Å². The van der Waals surface area contributed by atoms with Crippen LogP contribution in [-0.2, 0) is 6.54 Å². The molecule has 4 heteroatoms. The lowest BCUT2D eigenvalue weighted by molar-refractivity contribution is 0.437. The topological polar surface area (TPSA) is 21.3 Å². The summed E-state index contributed by atoms with van der Waals surface area (Å²) in [5.74, 6) is -0.453. The van der Waals surface area contributed by atoms with Gasteiger partial charge in [-0.1, -0.05) is 13.0 Å². The third kappa shape index (κ3) is 4.53. The molecular formula is C17H19F2NO. The van der Waals surface area contributed by atoms with Crippen molar-refractivity contribution in [3.8, 4) is 11.5 Å². The summed E-state index contributed by atoms with van der Waals surface area (Å²) >= 11 is 0. The number of hydrogen-bond acceptors (Lipinski definition) is 2. The Balaban J connectivity index is 2.17. The second kappa shape index (κ2) is 7.18. The minimum Gasteiger partial charge on any atom is -0.454 e. The van der Waals surface area contributed by atoms with Crippen molar-refractivity contribution in [3.05, 3.63) is 59.2 Å². The highest BCUT2D eigenvalue weighted by molar-refractivity contribution is 5.37. The van der Waals surface area contributed by atoms with E-state index in [-0.39, 0.29) is 5.75 Å². The van der Waals surface area contributed by atoms with Crippen LogP contribution in [0.25, 0.3) is 0 Å². The summed E-state index contributed by atoms with van der Waals surface area (Å²) in [6, 6.07) is 9.01. The van der Waals surface area contributed by atoms with Crippen LogP contribution in [0.1, 0.15) is 24.5 Å². The lowest BCUT2D eigenvalue weighted by atomic mass is 10.2. The summed E-state index contributed by atoms with van der Waals surface area (Å²) < 4.78 is 32.8. The molecule has 2 aromatic carbocycles. The van der Waals surface area contributed by atoms with E-state index in [1.807, 2.05) is 6.92 Å². The first-order chi connectivity index (χ1) is 10.1. The van der Waals surface area contributed by atoms with Gasteiger partial charge in [-0.25, -0.2) is 8.78 Å². The van der Waals surface area contributed by atoms with Crippen molar-refractivity contribution in [3.63, 3.8) is 0 Å². The van der Waals surface area contributed by atoms with Crippen LogP contribution in [0.3, 0.4) is 0 Å². The van der Waals surface area contributed by atoms with Gasteiger partial charge in [-0.05, 0) is 55.3 Å². The fraction of sp³-hybridized carbons (Fsp3) is 0.294. The van der Waals surface area contributed by atoms with Gasteiger partial charge in [0, 0.05) is 12.6 Å². The molecule has 1 N–H and O–H groups in total. The maximum Gasteiger partial charge on any atom is 0.165 e. The number of aryl methyl sites for hydroxylation is 1. The van der Waals surface area contributed by atoms with Crippen molar-refractivity contribution < 1.29 is 13.5 Å². The van der Waals surface area contributed by atoms with Gasteiger partial charge in [0.2, 0.25) is 0 Å². The summed E-state index contributed by atoms with van der Waals surface area (Å²) in [4.78, 5) is 0. The molecule has 0 aliphatic rings. The van der Waals surface area contributed by atoms with Gasteiger partial charge in [-0.15, -0.1) is 0 Å². The fourth-order valence-electron chi connectivity index (χ4n) is 2.01. The van der Waals surface area contributed by atoms with E-state index in [2.05, 4.69) is 12.2 Å². The van der Waals surface area contributed by atoms with Gasteiger partial charge < -0.3 is 10.1 Å². The van der Waals surface area contributed by atoms with Crippen LogP contribution >= 0.6 is 0 Å². The normalized spacial score (nSPS) is 10.7. The van der Waals surface area contributed by atoms with Gasteiger partial charge in [0.1, 0.15) is 11.6 Å². The molecular weight excluding hydrogens is 272 g/mol. The highest BCUT2D eigenvalue weighted by Gasteiger charge is 2.07. The van der Waals surface area contributed by atoms with Gasteiger partial charge >= 0.3 is 0 Å². The average molecular weight is 291 g/mol. The van der Waals surface area contributed by atoms with Crippen LogP contribution in [0.2, 0.25) is 0 Å². The van der Waals surface area contributed by atoms with E-state index in [9.17, 15) is 8.78 Å². The zero-order chi connectivity index (χ0) is 15.2. The SMILES string of the molecule is CCCNCc1cc(F)cc(Oc2cc(C)ccc2F)c1. The molecule has 0 radical (unpaired) electrons. The van der Waals surface area contributed by atoms with Crippen LogP contribution in [0, 0.1) is 18.6 Å². The Bertz CT molecular complexity index is 614. The molecule has 0 fully saturated rings. The predicted molar refractivity (Wildman–Crippen MR) is 79.6 cm³/mol. The van der Waals surface area contributed by atoms with E-state index in [4.69, 9.17) is 4.74 Å². The Morgan fingerprint density at radius 3 is 2.67 bits per heavy atom. The summed E-state index contributed by atoms with van der Waals surface area (Å²) in [6.45, 7) is 5.32. The number of hydrogen-bond donors (Lipinski definition) is 1. The lowest BCUT2D eigenvalue weighted by Gasteiger charge is -2.10. The van der Waals surface area contributed by atoms with Gasteiger partial charge in [-0.2, -0.15) is 0 Å². The summed E-state index contributed by atoms with van der Waals surface area (Å²) in [5, 5.41) is 3.19. The molecule has 0 spiro atoms. The Morgan fingerprint density at radius 2 is 1.90 bits per heavy atom. The smallest absolute Gasteiger partial charge is 0.165 e. The highest BCUT2D eigenvalue weighted by Crippen LogP contribution is 2.27. The van der Waals surface area contributed by atoms with Gasteiger partial charge in [0.25, 0.3) is 0 Å². The maximum absolute atomic E-state index is 13.7. The van der Waals surface area contributed by atoms with Crippen molar-refractivity contribution in [1.29, 1.82) is 0 Å². The number of halogens is 2. The zero-order valence-electron chi connectivity index (χ0n) is 12.2. The van der Waals surface area contributed by atoms with Crippen molar-refractivity contribution in [2.45, 2.75) is 26.8 Å². The third-order valence-electron chi connectivity index (χ3n) is 3.00. The van der Waals surface area contributed by atoms with Gasteiger partial charge in [0.15, 0.2) is 11.6 Å². The molecule has 0 aliphatic carbocycles. The van der Waals surface area contributed by atoms with Crippen molar-refractivity contribution >= 4 is 0 Å². The van der Waals surface area contributed by atoms with E-state index < -0.39 is 11.6 Å². The van der Waals surface area contributed by atoms with E-state index in [1.54, 1.807) is 18.2 Å². The Labute approximate surface area is 123 Å². The lowest BCUT2D eigenvalue weighted by Crippen LogP contribution is -2.13. The van der Waals surface area contributed by atoms with Crippen LogP contribution in [0.4, 0.5) is 8.78 Å². The van der Waals surface area contributed by atoms with Crippen molar-refractivity contribution in [1.82, 2.24) is 5.32 Å². The predicted octanol–water partition coefficient (Wildman–Crippen LogP) is 4.57. The second-order valence-corrected chi connectivity index (χ2v) is 5.01. The van der Waals surface area contributed by atoms with Gasteiger partial charge in [0.05, 0.1) is 0 Å². The zero-order valence-corrected chi connectivity index (χ0v) is 12.2. The Morgan fingerprint density at radius 1 is 1.10 bits per heavy atom. The molecule has 21 heavy (non-hydrogen) atoms. The van der Waals surface area contributed by atoms with Crippen LogP contribution in [0.15, 0.2) is 36.4 Å². The maximum atomic E-state index is 13.7. The number of rotatable bonds is 6. The van der Waals surface area contributed by atoms with Crippen molar-refractivity contribution in [2.24, 2.45) is 0 Å². The number of benzene rings is 2. The molecule has 0 saturated heterocycles. The molecule has 2 rings (SSSR count). The monoisotopic (exact) mass is 291 g/mol. The molecule has 0 atom stereocenters. The van der Waals surface area contributed by atoms with Crippen molar-refractivity contribution in [2.75, 3.05) is 6.54 Å². The average Bonchev–Trinajstić information content (AvgIpc) is 2.43. The second-order valence-electron chi connectivity index (χ2n) is 5.01. The molecule has 0 saturated carbocycles. The van der Waals surface area contributed by atoms with E-state index in [1.165, 1.54) is 18.2 Å². The molecule has 2 aromatic rings. The molecule has 0 amide bonds. The quantitative estimate of drug-likeness (QED) is 0.787. The minimum absolute atomic E-state index is 0.105. The molecule has 0 aliphatic heterocycles. The largest absolute Gasteiger partial charge is 0.454 e. The molecule has 0 heterocycles. The summed E-state index contributed by atoms with van der Waals surface area (Å²) in [5.41, 5.74) is 1.65. The summed E-state index contributed by atoms with van der Waals surface area (Å²) in [7, 11) is 0. The molecule has 112 valence electrons. The fourth-order valence-corrected chi connectivity index (χ4v) is 2.01. The first-order valence-corrected chi connectivity index (χ1v) is 7.02. The van der Waals surface area contributed by atoms with Gasteiger partial charge in [-0.3, -0.25) is 0 Å². The van der Waals surface area contributed by atoms with E-state index in [0.717, 1.165) is 24.1 Å². The molecule has 0 bridgehead atoms. The first-order valence-electron chi connectivity index (χ1n) is 7.02. The molecule has 2 nitrogen and oxygen atoms in total. The molecule has 0 unspecified atom stereocenters. The van der Waals surface area contributed by atoms with E-state index >= 15 is 0 Å². The number of nitrogens with one attached hydrogen (secondary N) is 1. The van der Waals surface area contributed by atoms with E-state index in [0.29, 0.717) is 12.3 Å². The van der Waals surface area contributed by atoms with Crippen LogP contribution in [0.5, 0.6) is 11.5 Å². The standard InChI is InChI=1S/C17H19F2NO/c1-3-6-20-11-13-8-14(18)10-15(9-13)21-17-7-12(2)4-5-16(17)19/h4-5,7-10,20H,3,6,11H2,1-2H3. The summed E-state index contributed by atoms with van der Waals surface area (Å²) in [6.07, 6.45) is 1.01. The van der Waals surface area contributed by atoms with Crippen LogP contribution < -0.4 is 10.1 Å². The highest BCUT2D eigenvalue weighted by atomic mass is 19.1. The Kier molecular flexibility index (Phi) is 5.28. The Hall–Kier alpha value is -1.94.